The fraction of sp³-hybridized carbons (Fsp3) is 0.118. The lowest BCUT2D eigenvalue weighted by molar-refractivity contribution is 0.1000. The first-order chi connectivity index (χ1) is 11.4. The van der Waals surface area contributed by atoms with Gasteiger partial charge in [-0.25, -0.2) is 4.39 Å². The van der Waals surface area contributed by atoms with Crippen LogP contribution in [0.1, 0.15) is 23.5 Å². The Hall–Kier alpha value is -2.73. The van der Waals surface area contributed by atoms with Gasteiger partial charge in [0.2, 0.25) is 5.91 Å². The van der Waals surface area contributed by atoms with Gasteiger partial charge in [-0.05, 0) is 31.2 Å². The van der Waals surface area contributed by atoms with E-state index in [9.17, 15) is 14.3 Å². The van der Waals surface area contributed by atoms with E-state index in [-0.39, 0.29) is 16.7 Å². The summed E-state index contributed by atoms with van der Waals surface area (Å²) in [6.07, 6.45) is -0.661. The molecule has 1 atom stereocenters. The van der Waals surface area contributed by atoms with Crippen molar-refractivity contribution in [3.63, 3.8) is 0 Å². The van der Waals surface area contributed by atoms with Gasteiger partial charge in [-0.3, -0.25) is 9.36 Å². The molecule has 0 bridgehead atoms. The van der Waals surface area contributed by atoms with Crippen LogP contribution in [-0.2, 0) is 0 Å². The predicted octanol–water partition coefficient (Wildman–Crippen LogP) is 3.84. The van der Waals surface area contributed by atoms with Crippen molar-refractivity contribution >= 4 is 28.4 Å². The summed E-state index contributed by atoms with van der Waals surface area (Å²) in [5.41, 5.74) is 6.18. The molecule has 0 spiro atoms. The lowest BCUT2D eigenvalue weighted by Crippen LogP contribution is -2.13. The highest BCUT2D eigenvalue weighted by molar-refractivity contribution is 6.30. The number of amides is 1. The average molecular weight is 349 g/mol. The standard InChI is InChI=1S/C17H14ClFN2O3/c1-9(24-12-4-5-13(18)14(19)8-12)21-15-6-11(17(20)23)3-2-10(15)7-16(21)22/h2-9,22H,1H3,(H2,20,23). The molecule has 1 aromatic heterocycles. The second-order valence-corrected chi connectivity index (χ2v) is 5.71. The number of aromatic hydroxyl groups is 1. The van der Waals surface area contributed by atoms with Crippen LogP contribution in [-0.4, -0.2) is 15.6 Å². The minimum absolute atomic E-state index is 0.00429. The molecule has 0 saturated carbocycles. The van der Waals surface area contributed by atoms with Gasteiger partial charge in [0.25, 0.3) is 0 Å². The number of hydrogen-bond acceptors (Lipinski definition) is 3. The zero-order valence-corrected chi connectivity index (χ0v) is 13.4. The van der Waals surface area contributed by atoms with E-state index in [4.69, 9.17) is 22.1 Å². The first kappa shape index (κ1) is 16.1. The molecule has 0 aliphatic rings. The summed E-state index contributed by atoms with van der Waals surface area (Å²) in [5, 5.41) is 10.9. The van der Waals surface area contributed by atoms with Crippen molar-refractivity contribution in [2.24, 2.45) is 5.73 Å². The lowest BCUT2D eigenvalue weighted by Gasteiger charge is -2.19. The fourth-order valence-corrected chi connectivity index (χ4v) is 2.66. The maximum Gasteiger partial charge on any atom is 0.248 e. The fourth-order valence-electron chi connectivity index (χ4n) is 2.54. The Bertz CT molecular complexity index is 939. The van der Waals surface area contributed by atoms with Crippen LogP contribution in [0.3, 0.4) is 0 Å². The molecule has 3 N–H and O–H groups in total. The molecule has 7 heteroatoms. The van der Waals surface area contributed by atoms with Crippen molar-refractivity contribution in [1.82, 2.24) is 4.57 Å². The number of ether oxygens (including phenoxy) is 1. The molecule has 3 aromatic rings. The minimum Gasteiger partial charge on any atom is -0.494 e. The van der Waals surface area contributed by atoms with E-state index >= 15 is 0 Å². The zero-order valence-electron chi connectivity index (χ0n) is 12.7. The van der Waals surface area contributed by atoms with Gasteiger partial charge < -0.3 is 15.6 Å². The number of carbonyl (C=O) groups is 1. The molecule has 124 valence electrons. The number of hydrogen-bond donors (Lipinski definition) is 2. The van der Waals surface area contributed by atoms with E-state index in [1.807, 2.05) is 0 Å². The van der Waals surface area contributed by atoms with Crippen LogP contribution in [0, 0.1) is 5.82 Å². The summed E-state index contributed by atoms with van der Waals surface area (Å²) in [4.78, 5) is 11.4. The third kappa shape index (κ3) is 2.88. The van der Waals surface area contributed by atoms with E-state index in [0.717, 1.165) is 11.5 Å². The maximum absolute atomic E-state index is 13.5. The highest BCUT2D eigenvalue weighted by atomic mass is 35.5. The molecule has 0 radical (unpaired) electrons. The number of carbonyl (C=O) groups excluding carboxylic acids is 1. The molecule has 3 rings (SSSR count). The summed E-state index contributed by atoms with van der Waals surface area (Å²) in [5.74, 6) is -0.957. The van der Waals surface area contributed by atoms with Gasteiger partial charge >= 0.3 is 0 Å². The minimum atomic E-state index is -0.661. The molecule has 0 aliphatic carbocycles. The van der Waals surface area contributed by atoms with E-state index in [1.165, 1.54) is 16.7 Å². The summed E-state index contributed by atoms with van der Waals surface area (Å²) in [7, 11) is 0. The molecule has 24 heavy (non-hydrogen) atoms. The number of rotatable bonds is 4. The molecule has 0 aliphatic heterocycles. The molecule has 0 fully saturated rings. The van der Waals surface area contributed by atoms with Gasteiger partial charge in [-0.2, -0.15) is 0 Å². The Morgan fingerprint density at radius 1 is 1.29 bits per heavy atom. The number of nitrogens with two attached hydrogens (primary N) is 1. The summed E-state index contributed by atoms with van der Waals surface area (Å²) in [6.45, 7) is 1.68. The third-order valence-corrected chi connectivity index (χ3v) is 3.97. The van der Waals surface area contributed by atoms with Crippen molar-refractivity contribution in [2.45, 2.75) is 13.2 Å². The molecule has 1 unspecified atom stereocenters. The number of halogens is 2. The summed E-state index contributed by atoms with van der Waals surface area (Å²) < 4.78 is 20.7. The van der Waals surface area contributed by atoms with Crippen molar-refractivity contribution in [3.8, 4) is 11.6 Å². The average Bonchev–Trinajstić information content (AvgIpc) is 2.85. The summed E-state index contributed by atoms with van der Waals surface area (Å²) in [6, 6.07) is 10.4. The number of fused-ring (bicyclic) bond motifs is 1. The van der Waals surface area contributed by atoms with Crippen molar-refractivity contribution in [3.05, 3.63) is 58.9 Å². The van der Waals surface area contributed by atoms with Crippen molar-refractivity contribution in [2.75, 3.05) is 0 Å². The lowest BCUT2D eigenvalue weighted by atomic mass is 10.1. The molecule has 5 nitrogen and oxygen atoms in total. The Balaban J connectivity index is 2.00. The molecule has 2 aromatic carbocycles. The van der Waals surface area contributed by atoms with Crippen LogP contribution < -0.4 is 10.5 Å². The topological polar surface area (TPSA) is 77.5 Å². The second kappa shape index (κ2) is 6.05. The predicted molar refractivity (Wildman–Crippen MR) is 88.9 cm³/mol. The number of primary amides is 1. The highest BCUT2D eigenvalue weighted by Crippen LogP contribution is 2.31. The maximum atomic E-state index is 13.5. The Kier molecular flexibility index (Phi) is 4.07. The quantitative estimate of drug-likeness (QED) is 0.752. The van der Waals surface area contributed by atoms with Crippen LogP contribution in [0.15, 0.2) is 42.5 Å². The zero-order chi connectivity index (χ0) is 17.4. The molecular weight excluding hydrogens is 335 g/mol. The van der Waals surface area contributed by atoms with Gasteiger partial charge in [0.15, 0.2) is 12.1 Å². The van der Waals surface area contributed by atoms with Crippen molar-refractivity contribution < 1.29 is 19.0 Å². The molecule has 1 heterocycles. The molecule has 0 saturated heterocycles. The van der Waals surface area contributed by atoms with E-state index < -0.39 is 18.0 Å². The van der Waals surface area contributed by atoms with Gasteiger partial charge in [0.1, 0.15) is 11.6 Å². The van der Waals surface area contributed by atoms with Crippen LogP contribution in [0.5, 0.6) is 11.6 Å². The molecule has 1 amide bonds. The third-order valence-electron chi connectivity index (χ3n) is 3.67. The largest absolute Gasteiger partial charge is 0.494 e. The van der Waals surface area contributed by atoms with Crippen LogP contribution in [0.2, 0.25) is 5.02 Å². The van der Waals surface area contributed by atoms with E-state index in [1.54, 1.807) is 31.2 Å². The summed E-state index contributed by atoms with van der Waals surface area (Å²) >= 11 is 5.65. The second-order valence-electron chi connectivity index (χ2n) is 5.30. The van der Waals surface area contributed by atoms with E-state index in [0.29, 0.717) is 11.1 Å². The van der Waals surface area contributed by atoms with Crippen LogP contribution >= 0.6 is 11.6 Å². The monoisotopic (exact) mass is 348 g/mol. The van der Waals surface area contributed by atoms with Crippen LogP contribution in [0.25, 0.3) is 10.9 Å². The first-order valence-corrected chi connectivity index (χ1v) is 7.50. The Morgan fingerprint density at radius 2 is 2.04 bits per heavy atom. The van der Waals surface area contributed by atoms with E-state index in [2.05, 4.69) is 0 Å². The SMILES string of the molecule is CC(Oc1ccc(Cl)c(F)c1)n1c(O)cc2ccc(C(N)=O)cc21. The first-order valence-electron chi connectivity index (χ1n) is 7.12. The van der Waals surface area contributed by atoms with Crippen molar-refractivity contribution in [1.29, 1.82) is 0 Å². The van der Waals surface area contributed by atoms with Gasteiger partial charge in [-0.15, -0.1) is 0 Å². The highest BCUT2D eigenvalue weighted by Gasteiger charge is 2.17. The number of aromatic nitrogens is 1. The molecular formula is C17H14ClFN2O3. The number of nitrogens with zero attached hydrogens (tertiary/aromatic N) is 1. The Morgan fingerprint density at radius 3 is 2.71 bits per heavy atom. The van der Waals surface area contributed by atoms with Crippen LogP contribution in [0.4, 0.5) is 4.39 Å². The Labute approximate surface area is 142 Å². The van der Waals surface area contributed by atoms with Gasteiger partial charge in [0.05, 0.1) is 10.5 Å². The smallest absolute Gasteiger partial charge is 0.248 e. The van der Waals surface area contributed by atoms with Gasteiger partial charge in [-0.1, -0.05) is 17.7 Å². The number of benzene rings is 2. The normalized spacial score (nSPS) is 12.3. The van der Waals surface area contributed by atoms with Gasteiger partial charge in [0, 0.05) is 23.1 Å².